The van der Waals surface area contributed by atoms with Crippen LogP contribution < -0.4 is 0 Å². The van der Waals surface area contributed by atoms with Crippen LogP contribution in [0.3, 0.4) is 0 Å². The number of aromatic nitrogens is 3. The second-order valence-corrected chi connectivity index (χ2v) is 9.15. The number of hydrogen-bond donors (Lipinski definition) is 0. The molecule has 0 N–H and O–H groups in total. The lowest BCUT2D eigenvalue weighted by Gasteiger charge is -2.42. The van der Waals surface area contributed by atoms with Crippen LogP contribution in [0.2, 0.25) is 0 Å². The van der Waals surface area contributed by atoms with Crippen molar-refractivity contribution in [1.29, 1.82) is 0 Å². The van der Waals surface area contributed by atoms with Gasteiger partial charge in [0.2, 0.25) is 0 Å². The molecule has 3 aromatic rings. The zero-order valence-electron chi connectivity index (χ0n) is 16.5. The third kappa shape index (κ3) is 3.08. The Balaban J connectivity index is 1.39. The van der Waals surface area contributed by atoms with E-state index in [0.717, 1.165) is 28.8 Å². The summed E-state index contributed by atoms with van der Waals surface area (Å²) in [7, 11) is 1.88. The second kappa shape index (κ2) is 6.76. The molecule has 5 nitrogen and oxygen atoms in total. The van der Waals surface area contributed by atoms with Gasteiger partial charge in [-0.05, 0) is 37.5 Å². The van der Waals surface area contributed by atoms with Crippen LogP contribution in [0.1, 0.15) is 47.3 Å². The molecule has 0 spiro atoms. The number of nitrogens with zero attached hydrogens (tertiary/aromatic N) is 4. The first-order chi connectivity index (χ1) is 13.9. The molecule has 7 heteroatoms. The normalized spacial score (nSPS) is 26.1. The Morgan fingerprint density at radius 3 is 2.72 bits per heavy atom. The van der Waals surface area contributed by atoms with E-state index in [1.54, 1.807) is 28.4 Å². The predicted molar refractivity (Wildman–Crippen MR) is 110 cm³/mol. The van der Waals surface area contributed by atoms with E-state index >= 15 is 4.39 Å². The average molecular weight is 411 g/mol. The van der Waals surface area contributed by atoms with Gasteiger partial charge in [-0.2, -0.15) is 5.10 Å². The van der Waals surface area contributed by atoms with Gasteiger partial charge in [0.15, 0.2) is 5.67 Å². The summed E-state index contributed by atoms with van der Waals surface area (Å²) < 4.78 is 17.7. The molecule has 2 aliphatic rings. The van der Waals surface area contributed by atoms with Gasteiger partial charge < -0.3 is 4.90 Å². The second-order valence-electron chi connectivity index (χ2n) is 8.24. The van der Waals surface area contributed by atoms with Crippen LogP contribution >= 0.6 is 11.3 Å². The number of carbonyl (C=O) groups excluding carboxylic acids is 1. The number of aryl methyl sites for hydroxylation is 2. The lowest BCUT2D eigenvalue weighted by Crippen LogP contribution is -2.50. The summed E-state index contributed by atoms with van der Waals surface area (Å²) in [4.78, 5) is 20.6. The van der Waals surface area contributed by atoms with Crippen molar-refractivity contribution in [3.05, 3.63) is 59.0 Å². The van der Waals surface area contributed by atoms with Crippen LogP contribution in [0.5, 0.6) is 0 Å². The van der Waals surface area contributed by atoms with Crippen molar-refractivity contribution >= 4 is 17.2 Å². The summed E-state index contributed by atoms with van der Waals surface area (Å²) in [5, 5.41) is 6.11. The van der Waals surface area contributed by atoms with Crippen molar-refractivity contribution in [2.45, 2.75) is 50.4 Å². The maximum absolute atomic E-state index is 16.0. The van der Waals surface area contributed by atoms with Gasteiger partial charge in [0.1, 0.15) is 0 Å². The Bertz CT molecular complexity index is 1060. The molecule has 2 saturated heterocycles. The fourth-order valence-electron chi connectivity index (χ4n) is 4.97. The molecule has 5 rings (SSSR count). The maximum Gasteiger partial charge on any atom is 0.255 e. The summed E-state index contributed by atoms with van der Waals surface area (Å²) in [6.07, 6.45) is 7.77. The van der Waals surface area contributed by atoms with Crippen molar-refractivity contribution in [3.8, 4) is 10.4 Å². The fraction of sp³-hybridized carbons (Fsp3) is 0.409. The number of carbonyl (C=O) groups is 1. The van der Waals surface area contributed by atoms with Crippen molar-refractivity contribution in [2.75, 3.05) is 0 Å². The Labute approximate surface area is 173 Å². The van der Waals surface area contributed by atoms with Gasteiger partial charge in [-0.15, -0.1) is 11.3 Å². The minimum atomic E-state index is -1.45. The third-order valence-electron chi connectivity index (χ3n) is 6.24. The van der Waals surface area contributed by atoms with Gasteiger partial charge in [-0.1, -0.05) is 6.07 Å². The number of pyridine rings is 1. The molecule has 3 aromatic heterocycles. The Kier molecular flexibility index (Phi) is 4.31. The molecule has 2 fully saturated rings. The van der Waals surface area contributed by atoms with Crippen LogP contribution in [0.4, 0.5) is 4.39 Å². The number of rotatable bonds is 3. The zero-order valence-corrected chi connectivity index (χ0v) is 17.3. The van der Waals surface area contributed by atoms with Gasteiger partial charge in [-0.3, -0.25) is 14.5 Å². The number of hydrogen-bond acceptors (Lipinski definition) is 4. The molecule has 2 unspecified atom stereocenters. The third-order valence-corrected chi connectivity index (χ3v) is 7.22. The largest absolute Gasteiger partial charge is 0.332 e. The molecular weight excluding hydrogens is 387 g/mol. The first-order valence-corrected chi connectivity index (χ1v) is 10.8. The highest BCUT2D eigenvalue weighted by Gasteiger charge is 2.52. The van der Waals surface area contributed by atoms with Crippen LogP contribution in [-0.2, 0) is 12.7 Å². The minimum Gasteiger partial charge on any atom is -0.332 e. The van der Waals surface area contributed by atoms with Crippen molar-refractivity contribution < 1.29 is 9.18 Å². The number of fused-ring (bicyclic) bond motifs is 2. The molecule has 0 aliphatic carbocycles. The molecular formula is C22H23FN4OS. The lowest BCUT2D eigenvalue weighted by molar-refractivity contribution is 0.00805. The summed E-state index contributed by atoms with van der Waals surface area (Å²) in [6.45, 7) is 1.91. The molecule has 29 heavy (non-hydrogen) atoms. The van der Waals surface area contributed by atoms with Gasteiger partial charge in [0.05, 0.1) is 17.5 Å². The van der Waals surface area contributed by atoms with Gasteiger partial charge in [0, 0.05) is 60.2 Å². The van der Waals surface area contributed by atoms with E-state index in [9.17, 15) is 4.79 Å². The molecule has 0 radical (unpaired) electrons. The number of piperidine rings is 1. The zero-order chi connectivity index (χ0) is 20.2. The SMILES string of the molecule is Cc1cccnc1C1(F)CC2CCC(C1)N2C(=O)c1csc(-c2cnn(C)c2)c1. The van der Waals surface area contributed by atoms with Gasteiger partial charge >= 0.3 is 0 Å². The highest BCUT2D eigenvalue weighted by molar-refractivity contribution is 7.13. The molecule has 2 atom stereocenters. The van der Waals surface area contributed by atoms with Crippen molar-refractivity contribution in [2.24, 2.45) is 7.05 Å². The van der Waals surface area contributed by atoms with Crippen LogP contribution in [0, 0.1) is 6.92 Å². The number of halogens is 1. The molecule has 2 aliphatic heterocycles. The Morgan fingerprint density at radius 2 is 2.07 bits per heavy atom. The maximum atomic E-state index is 16.0. The molecule has 0 saturated carbocycles. The van der Waals surface area contributed by atoms with E-state index in [2.05, 4.69) is 10.1 Å². The molecule has 5 heterocycles. The molecule has 150 valence electrons. The van der Waals surface area contributed by atoms with Crippen LogP contribution in [0.25, 0.3) is 10.4 Å². The summed E-state index contributed by atoms with van der Waals surface area (Å²) in [5.74, 6) is 0.0173. The van der Waals surface area contributed by atoms with E-state index < -0.39 is 5.67 Å². The van der Waals surface area contributed by atoms with E-state index in [0.29, 0.717) is 24.1 Å². The predicted octanol–water partition coefficient (Wildman–Crippen LogP) is 4.48. The smallest absolute Gasteiger partial charge is 0.255 e. The fourth-order valence-corrected chi connectivity index (χ4v) is 5.83. The summed E-state index contributed by atoms with van der Waals surface area (Å²) in [5.41, 5.74) is 1.66. The highest BCUT2D eigenvalue weighted by atomic mass is 32.1. The summed E-state index contributed by atoms with van der Waals surface area (Å²) >= 11 is 1.54. The monoisotopic (exact) mass is 410 g/mol. The van der Waals surface area contributed by atoms with Crippen LogP contribution in [-0.4, -0.2) is 37.7 Å². The van der Waals surface area contributed by atoms with E-state index in [4.69, 9.17) is 0 Å². The van der Waals surface area contributed by atoms with Crippen molar-refractivity contribution in [3.63, 3.8) is 0 Å². The van der Waals surface area contributed by atoms with E-state index in [1.807, 2.05) is 48.6 Å². The van der Waals surface area contributed by atoms with E-state index in [-0.39, 0.29) is 18.0 Å². The summed E-state index contributed by atoms with van der Waals surface area (Å²) in [6, 6.07) is 5.54. The van der Waals surface area contributed by atoms with E-state index in [1.165, 1.54) is 0 Å². The number of amides is 1. The lowest BCUT2D eigenvalue weighted by atomic mass is 9.83. The van der Waals surface area contributed by atoms with Crippen LogP contribution in [0.15, 0.2) is 42.2 Å². The first-order valence-electron chi connectivity index (χ1n) is 9.96. The standard InChI is InChI=1S/C22H23FN4OS/c1-14-4-3-7-24-20(14)22(23)9-17-5-6-18(10-22)27(17)21(28)15-8-19(29-13-15)16-11-25-26(2)12-16/h3-4,7-8,11-13,17-18H,5-6,9-10H2,1-2H3. The molecule has 1 amide bonds. The molecule has 2 bridgehead atoms. The topological polar surface area (TPSA) is 51.0 Å². The van der Waals surface area contributed by atoms with Gasteiger partial charge in [0.25, 0.3) is 5.91 Å². The highest BCUT2D eigenvalue weighted by Crippen LogP contribution is 2.49. The Morgan fingerprint density at radius 1 is 1.31 bits per heavy atom. The quantitative estimate of drug-likeness (QED) is 0.640. The number of thiophene rings is 1. The minimum absolute atomic E-state index is 0.0173. The Hall–Kier alpha value is -2.54. The first kappa shape index (κ1) is 18.5. The number of alkyl halides is 1. The van der Waals surface area contributed by atoms with Crippen molar-refractivity contribution in [1.82, 2.24) is 19.7 Å². The average Bonchev–Trinajstić information content (AvgIpc) is 3.40. The van der Waals surface area contributed by atoms with Gasteiger partial charge in [-0.25, -0.2) is 4.39 Å². The molecule has 0 aromatic carbocycles.